The van der Waals surface area contributed by atoms with Crippen LogP contribution in [0.4, 0.5) is 5.82 Å². The highest BCUT2D eigenvalue weighted by molar-refractivity contribution is 5.46. The Morgan fingerprint density at radius 3 is 2.52 bits per heavy atom. The lowest BCUT2D eigenvalue weighted by molar-refractivity contribution is 0.130. The van der Waals surface area contributed by atoms with Gasteiger partial charge in [0.05, 0.1) is 6.10 Å². The Bertz CT molecular complexity index is 802. The summed E-state index contributed by atoms with van der Waals surface area (Å²) in [5.41, 5.74) is 7.12. The zero-order valence-electron chi connectivity index (χ0n) is 14.5. The van der Waals surface area contributed by atoms with Gasteiger partial charge in [-0.3, -0.25) is 4.79 Å². The molecule has 1 aromatic carbocycles. The van der Waals surface area contributed by atoms with Crippen LogP contribution in [-0.2, 0) is 6.42 Å². The number of nitrogens with two attached hydrogens (primary N) is 1. The largest absolute Gasteiger partial charge is 0.393 e. The minimum absolute atomic E-state index is 0.0233. The van der Waals surface area contributed by atoms with E-state index in [-0.39, 0.29) is 17.5 Å². The van der Waals surface area contributed by atoms with Crippen LogP contribution in [0.15, 0.2) is 29.1 Å². The standard InChI is InChI=1S/C13H12N4O.C6H12O/c1-8-4-2-3-5-9(8)6-11-16-12(15)10(7-14)13(18)17-11;7-6-4-2-1-3-5-6/h2-5H,6H2,1H3,(H3,15,16,17,18);6-7H,1-5H2. The molecule has 1 aliphatic rings. The number of aliphatic hydroxyl groups excluding tert-OH is 1. The first-order chi connectivity index (χ1) is 12.0. The number of aromatic nitrogens is 2. The molecule has 0 amide bonds. The van der Waals surface area contributed by atoms with Crippen LogP contribution in [0.2, 0.25) is 0 Å². The van der Waals surface area contributed by atoms with Crippen molar-refractivity contribution in [3.8, 4) is 6.07 Å². The summed E-state index contributed by atoms with van der Waals surface area (Å²) in [6, 6.07) is 9.55. The molecule has 132 valence electrons. The van der Waals surface area contributed by atoms with Crippen LogP contribution in [0.3, 0.4) is 0 Å². The highest BCUT2D eigenvalue weighted by Gasteiger charge is 2.09. The van der Waals surface area contributed by atoms with Gasteiger partial charge in [0, 0.05) is 6.42 Å². The molecule has 0 spiro atoms. The number of H-pyrrole nitrogens is 1. The lowest BCUT2D eigenvalue weighted by Crippen LogP contribution is -2.18. The number of nitrogen functional groups attached to an aromatic ring is 1. The van der Waals surface area contributed by atoms with E-state index in [1.165, 1.54) is 19.3 Å². The van der Waals surface area contributed by atoms with Crippen molar-refractivity contribution in [3.05, 3.63) is 57.1 Å². The zero-order chi connectivity index (χ0) is 18.2. The number of nitrogens with zero attached hydrogens (tertiary/aromatic N) is 2. The Morgan fingerprint density at radius 1 is 1.32 bits per heavy atom. The van der Waals surface area contributed by atoms with Crippen molar-refractivity contribution in [1.82, 2.24) is 9.97 Å². The average Bonchev–Trinajstić information content (AvgIpc) is 2.58. The van der Waals surface area contributed by atoms with Crippen LogP contribution >= 0.6 is 0 Å². The molecule has 2 aromatic rings. The van der Waals surface area contributed by atoms with E-state index in [1.54, 1.807) is 6.07 Å². The second kappa shape index (κ2) is 9.00. The fourth-order valence-electron chi connectivity index (χ4n) is 2.80. The quantitative estimate of drug-likeness (QED) is 0.776. The maximum absolute atomic E-state index is 11.6. The van der Waals surface area contributed by atoms with Gasteiger partial charge in [-0.15, -0.1) is 0 Å². The van der Waals surface area contributed by atoms with Gasteiger partial charge in [-0.05, 0) is 30.9 Å². The van der Waals surface area contributed by atoms with Crippen LogP contribution in [0, 0.1) is 18.3 Å². The molecule has 0 radical (unpaired) electrons. The van der Waals surface area contributed by atoms with Crippen molar-refractivity contribution >= 4 is 5.82 Å². The maximum Gasteiger partial charge on any atom is 0.271 e. The Morgan fingerprint density at radius 2 is 2.00 bits per heavy atom. The number of aliphatic hydroxyl groups is 1. The Kier molecular flexibility index (Phi) is 6.72. The molecule has 0 atom stereocenters. The van der Waals surface area contributed by atoms with Gasteiger partial charge in [-0.25, -0.2) is 4.98 Å². The Hall–Kier alpha value is -2.65. The van der Waals surface area contributed by atoms with Crippen LogP contribution in [0.5, 0.6) is 0 Å². The summed E-state index contributed by atoms with van der Waals surface area (Å²) in [6.07, 6.45) is 6.41. The molecule has 6 nitrogen and oxygen atoms in total. The molecule has 6 heteroatoms. The lowest BCUT2D eigenvalue weighted by atomic mass is 9.98. The van der Waals surface area contributed by atoms with E-state index in [1.807, 2.05) is 31.2 Å². The number of hydrogen-bond donors (Lipinski definition) is 3. The van der Waals surface area contributed by atoms with Gasteiger partial charge in [0.2, 0.25) is 0 Å². The summed E-state index contributed by atoms with van der Waals surface area (Å²) < 4.78 is 0. The third-order valence-electron chi connectivity index (χ3n) is 4.30. The lowest BCUT2D eigenvalue weighted by Gasteiger charge is -2.14. The number of rotatable bonds is 2. The van der Waals surface area contributed by atoms with Gasteiger partial charge < -0.3 is 15.8 Å². The fourth-order valence-corrected chi connectivity index (χ4v) is 2.80. The predicted molar refractivity (Wildman–Crippen MR) is 97.1 cm³/mol. The molecular weight excluding hydrogens is 316 g/mol. The van der Waals surface area contributed by atoms with Crippen molar-refractivity contribution in [2.24, 2.45) is 0 Å². The van der Waals surface area contributed by atoms with Crippen molar-refractivity contribution in [3.63, 3.8) is 0 Å². The first-order valence-corrected chi connectivity index (χ1v) is 8.52. The molecule has 1 aliphatic carbocycles. The first-order valence-electron chi connectivity index (χ1n) is 8.52. The predicted octanol–water partition coefficient (Wildman–Crippen LogP) is 2.43. The molecule has 4 N–H and O–H groups in total. The molecule has 1 saturated carbocycles. The van der Waals surface area contributed by atoms with Crippen LogP contribution in [0.25, 0.3) is 0 Å². The molecule has 0 unspecified atom stereocenters. The minimum Gasteiger partial charge on any atom is -0.393 e. The Labute approximate surface area is 147 Å². The summed E-state index contributed by atoms with van der Waals surface area (Å²) in [6.45, 7) is 1.99. The van der Waals surface area contributed by atoms with Gasteiger partial charge in [-0.1, -0.05) is 43.5 Å². The molecule has 0 saturated heterocycles. The van der Waals surface area contributed by atoms with Crippen molar-refractivity contribution in [1.29, 1.82) is 5.26 Å². The number of aryl methyl sites for hydroxylation is 1. The fraction of sp³-hybridized carbons (Fsp3) is 0.421. The SMILES string of the molecule is Cc1ccccc1Cc1nc(N)c(C#N)c(=O)[nH]1.OC1CCCCC1. The normalized spacial score (nSPS) is 14.3. The van der Waals surface area contributed by atoms with E-state index in [2.05, 4.69) is 9.97 Å². The highest BCUT2D eigenvalue weighted by atomic mass is 16.3. The van der Waals surface area contributed by atoms with Crippen molar-refractivity contribution in [2.75, 3.05) is 5.73 Å². The molecule has 0 bridgehead atoms. The summed E-state index contributed by atoms with van der Waals surface area (Å²) in [5, 5.41) is 17.6. The molecule has 25 heavy (non-hydrogen) atoms. The third-order valence-corrected chi connectivity index (χ3v) is 4.30. The molecule has 0 aliphatic heterocycles. The second-order valence-corrected chi connectivity index (χ2v) is 6.28. The third kappa shape index (κ3) is 5.44. The van der Waals surface area contributed by atoms with Gasteiger partial charge in [0.1, 0.15) is 17.7 Å². The van der Waals surface area contributed by atoms with Crippen molar-refractivity contribution in [2.45, 2.75) is 51.6 Å². The van der Waals surface area contributed by atoms with E-state index < -0.39 is 5.56 Å². The Balaban J connectivity index is 0.000000269. The smallest absolute Gasteiger partial charge is 0.271 e. The van der Waals surface area contributed by atoms with Crippen LogP contribution in [0.1, 0.15) is 54.6 Å². The monoisotopic (exact) mass is 340 g/mol. The van der Waals surface area contributed by atoms with Crippen molar-refractivity contribution < 1.29 is 5.11 Å². The van der Waals surface area contributed by atoms with Crippen LogP contribution in [-0.4, -0.2) is 21.2 Å². The number of nitrogens with one attached hydrogen (secondary N) is 1. The molecule has 1 heterocycles. The van der Waals surface area contributed by atoms with Gasteiger partial charge >= 0.3 is 0 Å². The summed E-state index contributed by atoms with van der Waals surface area (Å²) in [7, 11) is 0. The van der Waals surface area contributed by atoms with Crippen LogP contribution < -0.4 is 11.3 Å². The molecule has 3 rings (SSSR count). The zero-order valence-corrected chi connectivity index (χ0v) is 14.5. The summed E-state index contributed by atoms with van der Waals surface area (Å²) >= 11 is 0. The number of anilines is 1. The molecule has 1 aromatic heterocycles. The summed E-state index contributed by atoms with van der Waals surface area (Å²) in [4.78, 5) is 18.2. The van der Waals surface area contributed by atoms with Gasteiger partial charge in [0.15, 0.2) is 5.56 Å². The molecular formula is C19H24N4O2. The van der Waals surface area contributed by atoms with E-state index in [9.17, 15) is 4.79 Å². The number of aromatic amines is 1. The number of benzene rings is 1. The topological polar surface area (TPSA) is 116 Å². The van der Waals surface area contributed by atoms with Gasteiger partial charge in [0.25, 0.3) is 5.56 Å². The van der Waals surface area contributed by atoms with E-state index in [0.717, 1.165) is 24.0 Å². The maximum atomic E-state index is 11.6. The van der Waals surface area contributed by atoms with Gasteiger partial charge in [-0.2, -0.15) is 5.26 Å². The summed E-state index contributed by atoms with van der Waals surface area (Å²) in [5.74, 6) is 0.440. The van der Waals surface area contributed by atoms with E-state index >= 15 is 0 Å². The number of nitriles is 1. The van der Waals surface area contributed by atoms with E-state index in [0.29, 0.717) is 12.2 Å². The number of hydrogen-bond acceptors (Lipinski definition) is 5. The average molecular weight is 340 g/mol. The first kappa shape index (κ1) is 18.7. The highest BCUT2D eigenvalue weighted by Crippen LogP contribution is 2.16. The second-order valence-electron chi connectivity index (χ2n) is 6.28. The molecule has 1 fully saturated rings. The van der Waals surface area contributed by atoms with E-state index in [4.69, 9.17) is 16.1 Å². The minimum atomic E-state index is -0.492.